The van der Waals surface area contributed by atoms with Gasteiger partial charge in [-0.3, -0.25) is 9.78 Å². The summed E-state index contributed by atoms with van der Waals surface area (Å²) in [5.41, 5.74) is 1.21. The number of rotatable bonds is 7. The molecule has 0 unspecified atom stereocenters. The molecule has 1 fully saturated rings. The van der Waals surface area contributed by atoms with Crippen LogP contribution >= 0.6 is 0 Å². The molecule has 0 bridgehead atoms. The lowest BCUT2D eigenvalue weighted by Gasteiger charge is -2.32. The number of methoxy groups -OCH3 is 1. The summed E-state index contributed by atoms with van der Waals surface area (Å²) in [5.74, 6) is 0.698. The fraction of sp³-hybridized carbons (Fsp3) is 0.385. The van der Waals surface area contributed by atoms with Gasteiger partial charge in [0.05, 0.1) is 30.2 Å². The standard InChI is InChI=1S/C26H31BN8O4/c1-16(2)34-15-29-32-22(34)20-9-8-10-21(30-20)31-23(36)19-14-35(33-24(19)37-7)18-11-17(12-28-13-18)27-38-25(3,4)26(5,6)39-27/h8-16H,1-7H3,(H,30,31,36). The lowest BCUT2D eigenvalue weighted by Crippen LogP contribution is -2.41. The second kappa shape index (κ2) is 9.90. The van der Waals surface area contributed by atoms with Gasteiger partial charge in [0.2, 0.25) is 5.88 Å². The van der Waals surface area contributed by atoms with E-state index in [-0.39, 0.29) is 17.5 Å². The predicted octanol–water partition coefficient (Wildman–Crippen LogP) is 3.06. The van der Waals surface area contributed by atoms with Gasteiger partial charge in [0, 0.05) is 23.9 Å². The predicted molar refractivity (Wildman–Crippen MR) is 145 cm³/mol. The molecule has 5 heterocycles. The van der Waals surface area contributed by atoms with E-state index in [2.05, 4.69) is 30.6 Å². The Morgan fingerprint density at radius 3 is 2.56 bits per heavy atom. The number of carbonyl (C=O) groups is 1. The zero-order chi connectivity index (χ0) is 27.9. The third kappa shape index (κ3) is 5.02. The van der Waals surface area contributed by atoms with Gasteiger partial charge in [-0.15, -0.1) is 15.3 Å². The Balaban J connectivity index is 1.39. The van der Waals surface area contributed by atoms with Crippen LogP contribution in [0.25, 0.3) is 17.2 Å². The van der Waals surface area contributed by atoms with Crippen LogP contribution in [0.15, 0.2) is 49.2 Å². The Kier molecular flexibility index (Phi) is 6.73. The van der Waals surface area contributed by atoms with Crippen molar-refractivity contribution in [3.63, 3.8) is 0 Å². The Labute approximate surface area is 226 Å². The van der Waals surface area contributed by atoms with E-state index in [1.807, 2.05) is 58.2 Å². The molecule has 0 radical (unpaired) electrons. The number of aromatic nitrogens is 7. The summed E-state index contributed by atoms with van der Waals surface area (Å²) in [6, 6.07) is 7.33. The van der Waals surface area contributed by atoms with Crippen molar-refractivity contribution in [2.75, 3.05) is 12.4 Å². The largest absolute Gasteiger partial charge is 0.496 e. The Morgan fingerprint density at radius 2 is 1.87 bits per heavy atom. The monoisotopic (exact) mass is 530 g/mol. The van der Waals surface area contributed by atoms with Crippen LogP contribution in [0.3, 0.4) is 0 Å². The van der Waals surface area contributed by atoms with E-state index >= 15 is 0 Å². The quantitative estimate of drug-likeness (QED) is 0.358. The smallest absolute Gasteiger partial charge is 0.479 e. The lowest BCUT2D eigenvalue weighted by atomic mass is 9.80. The van der Waals surface area contributed by atoms with Crippen molar-refractivity contribution in [3.8, 4) is 23.1 Å². The van der Waals surface area contributed by atoms with Crippen molar-refractivity contribution >= 4 is 24.3 Å². The van der Waals surface area contributed by atoms with Crippen molar-refractivity contribution in [3.05, 3.63) is 54.7 Å². The van der Waals surface area contributed by atoms with Gasteiger partial charge in [0.1, 0.15) is 23.4 Å². The van der Waals surface area contributed by atoms with Crippen LogP contribution in [-0.2, 0) is 9.31 Å². The topological polar surface area (TPSA) is 131 Å². The van der Waals surface area contributed by atoms with Crippen LogP contribution < -0.4 is 15.5 Å². The molecule has 1 saturated heterocycles. The van der Waals surface area contributed by atoms with E-state index < -0.39 is 24.2 Å². The molecule has 12 nitrogen and oxygen atoms in total. The van der Waals surface area contributed by atoms with Crippen molar-refractivity contribution < 1.29 is 18.8 Å². The lowest BCUT2D eigenvalue weighted by molar-refractivity contribution is 0.00578. The van der Waals surface area contributed by atoms with Gasteiger partial charge in [0.25, 0.3) is 5.91 Å². The summed E-state index contributed by atoms with van der Waals surface area (Å²) in [6.07, 6.45) is 6.57. The van der Waals surface area contributed by atoms with Crippen molar-refractivity contribution in [2.45, 2.75) is 58.8 Å². The molecular formula is C26H31BN8O4. The van der Waals surface area contributed by atoms with Crippen molar-refractivity contribution in [2.24, 2.45) is 0 Å². The maximum absolute atomic E-state index is 13.3. The van der Waals surface area contributed by atoms with E-state index in [1.165, 1.54) is 11.8 Å². The van der Waals surface area contributed by atoms with Crippen molar-refractivity contribution in [1.82, 2.24) is 34.5 Å². The summed E-state index contributed by atoms with van der Waals surface area (Å²) in [5, 5.41) is 15.4. The van der Waals surface area contributed by atoms with Gasteiger partial charge >= 0.3 is 7.12 Å². The Bertz CT molecular complexity index is 1500. The summed E-state index contributed by atoms with van der Waals surface area (Å²) < 4.78 is 21.2. The first kappa shape index (κ1) is 26.5. The molecule has 202 valence electrons. The molecule has 1 amide bonds. The van der Waals surface area contributed by atoms with Crippen LogP contribution in [0.4, 0.5) is 5.82 Å². The SMILES string of the molecule is COc1nn(-c2cncc(B3OC(C)(C)C(C)(C)O3)c2)cc1C(=O)Nc1cccc(-c2nncn2C(C)C)n1. The van der Waals surface area contributed by atoms with Gasteiger partial charge < -0.3 is 23.9 Å². The van der Waals surface area contributed by atoms with E-state index in [9.17, 15) is 4.79 Å². The highest BCUT2D eigenvalue weighted by Crippen LogP contribution is 2.36. The summed E-state index contributed by atoms with van der Waals surface area (Å²) in [4.78, 5) is 22.2. The molecule has 0 spiro atoms. The normalized spacial score (nSPS) is 16.1. The molecule has 4 aromatic heterocycles. The van der Waals surface area contributed by atoms with Gasteiger partial charge in [-0.05, 0) is 59.7 Å². The highest BCUT2D eigenvalue weighted by atomic mass is 16.7. The fourth-order valence-electron chi connectivity index (χ4n) is 4.09. The number of amides is 1. The fourth-order valence-corrected chi connectivity index (χ4v) is 4.09. The van der Waals surface area contributed by atoms with Crippen LogP contribution in [0.2, 0.25) is 0 Å². The zero-order valence-corrected chi connectivity index (χ0v) is 23.0. The summed E-state index contributed by atoms with van der Waals surface area (Å²) in [7, 11) is 0.877. The van der Waals surface area contributed by atoms with E-state index in [0.29, 0.717) is 23.0 Å². The minimum Gasteiger partial charge on any atom is -0.479 e. The molecule has 0 saturated carbocycles. The second-order valence-electron chi connectivity index (χ2n) is 10.6. The third-order valence-electron chi connectivity index (χ3n) is 7.00. The number of hydrogen-bond donors (Lipinski definition) is 1. The molecule has 39 heavy (non-hydrogen) atoms. The Hall–Kier alpha value is -4.10. The number of hydrogen-bond acceptors (Lipinski definition) is 9. The van der Waals surface area contributed by atoms with Crippen LogP contribution in [-0.4, -0.2) is 65.9 Å². The Morgan fingerprint density at radius 1 is 1.13 bits per heavy atom. The molecule has 1 aliphatic heterocycles. The van der Waals surface area contributed by atoms with E-state index in [1.54, 1.807) is 37.1 Å². The number of ether oxygens (including phenoxy) is 1. The number of carbonyl (C=O) groups excluding carboxylic acids is 1. The second-order valence-corrected chi connectivity index (χ2v) is 10.6. The number of nitrogens with zero attached hydrogens (tertiary/aromatic N) is 7. The van der Waals surface area contributed by atoms with E-state index in [4.69, 9.17) is 14.0 Å². The molecular weight excluding hydrogens is 499 g/mol. The van der Waals surface area contributed by atoms with Gasteiger partial charge in [-0.2, -0.15) is 0 Å². The zero-order valence-electron chi connectivity index (χ0n) is 23.0. The summed E-state index contributed by atoms with van der Waals surface area (Å²) >= 11 is 0. The third-order valence-corrected chi connectivity index (χ3v) is 7.00. The first-order chi connectivity index (χ1) is 18.5. The maximum Gasteiger partial charge on any atom is 0.496 e. The maximum atomic E-state index is 13.3. The molecule has 0 atom stereocenters. The average Bonchev–Trinajstić information content (AvgIpc) is 3.60. The molecule has 1 aliphatic rings. The van der Waals surface area contributed by atoms with Gasteiger partial charge in [0.15, 0.2) is 5.82 Å². The summed E-state index contributed by atoms with van der Waals surface area (Å²) in [6.45, 7) is 12.0. The number of nitrogens with one attached hydrogen (secondary N) is 1. The number of anilines is 1. The van der Waals surface area contributed by atoms with Crippen molar-refractivity contribution in [1.29, 1.82) is 0 Å². The minimum absolute atomic E-state index is 0.155. The minimum atomic E-state index is -0.581. The van der Waals surface area contributed by atoms with Crippen LogP contribution in [0, 0.1) is 0 Å². The van der Waals surface area contributed by atoms with Gasteiger partial charge in [-0.1, -0.05) is 6.07 Å². The molecule has 5 rings (SSSR count). The van der Waals surface area contributed by atoms with Crippen LogP contribution in [0.5, 0.6) is 5.88 Å². The molecule has 4 aromatic rings. The first-order valence-corrected chi connectivity index (χ1v) is 12.6. The molecule has 0 aromatic carbocycles. The average molecular weight is 530 g/mol. The van der Waals surface area contributed by atoms with E-state index in [0.717, 1.165) is 5.46 Å². The number of pyridine rings is 2. The van der Waals surface area contributed by atoms with Crippen LogP contribution in [0.1, 0.15) is 57.9 Å². The molecule has 13 heteroatoms. The first-order valence-electron chi connectivity index (χ1n) is 12.6. The highest BCUT2D eigenvalue weighted by molar-refractivity contribution is 6.62. The highest BCUT2D eigenvalue weighted by Gasteiger charge is 2.51. The molecule has 1 N–H and O–H groups in total. The van der Waals surface area contributed by atoms with Gasteiger partial charge in [-0.25, -0.2) is 9.67 Å². The molecule has 0 aliphatic carbocycles.